The smallest absolute Gasteiger partial charge is 0.351 e. The number of halogens is 3. The molecule has 122 valence electrons. The van der Waals surface area contributed by atoms with Crippen LogP contribution in [0.2, 0.25) is 0 Å². The maximum atomic E-state index is 12.3. The second-order valence-electron chi connectivity index (χ2n) is 5.18. The molecular weight excluding hydrogens is 299 g/mol. The highest BCUT2D eigenvalue weighted by Gasteiger charge is 2.28. The molecular formula is C14H24F3N3S. The summed E-state index contributed by atoms with van der Waals surface area (Å²) in [4.78, 5) is 7.29. The first-order valence-electron chi connectivity index (χ1n) is 7.26. The van der Waals surface area contributed by atoms with Gasteiger partial charge in [-0.1, -0.05) is 20.8 Å². The number of anilines is 1. The zero-order valence-corrected chi connectivity index (χ0v) is 13.9. The maximum absolute atomic E-state index is 12.3. The van der Waals surface area contributed by atoms with Crippen LogP contribution in [0.3, 0.4) is 0 Å². The summed E-state index contributed by atoms with van der Waals surface area (Å²) in [6, 6.07) is 0. The zero-order valence-electron chi connectivity index (χ0n) is 13.0. The SMILES string of the molecule is CCNCc1sc(N(C)CCC(F)(F)F)nc1C(C)CC. The second kappa shape index (κ2) is 7.98. The first-order valence-corrected chi connectivity index (χ1v) is 8.08. The predicted molar refractivity (Wildman–Crippen MR) is 82.1 cm³/mol. The minimum Gasteiger partial charge on any atom is -0.351 e. The van der Waals surface area contributed by atoms with E-state index in [9.17, 15) is 13.2 Å². The Balaban J connectivity index is 2.84. The molecule has 1 N–H and O–H groups in total. The molecule has 1 atom stereocenters. The number of rotatable bonds is 8. The summed E-state index contributed by atoms with van der Waals surface area (Å²) in [5.74, 6) is 0.319. The standard InChI is InChI=1S/C14H24F3N3S/c1-5-10(3)12-11(9-18-6-2)21-13(19-12)20(4)8-7-14(15,16)17/h10,18H,5-9H2,1-4H3. The van der Waals surface area contributed by atoms with Gasteiger partial charge in [0.1, 0.15) is 0 Å². The van der Waals surface area contributed by atoms with Gasteiger partial charge in [0.05, 0.1) is 12.1 Å². The number of thiazole rings is 1. The van der Waals surface area contributed by atoms with Gasteiger partial charge in [0.15, 0.2) is 5.13 Å². The Morgan fingerprint density at radius 3 is 2.52 bits per heavy atom. The molecule has 1 aromatic rings. The summed E-state index contributed by atoms with van der Waals surface area (Å²) in [7, 11) is 1.67. The van der Waals surface area contributed by atoms with Crippen LogP contribution in [0.4, 0.5) is 18.3 Å². The highest BCUT2D eigenvalue weighted by molar-refractivity contribution is 7.15. The lowest BCUT2D eigenvalue weighted by atomic mass is 10.0. The molecule has 0 aliphatic carbocycles. The summed E-state index contributed by atoms with van der Waals surface area (Å²) >= 11 is 1.49. The van der Waals surface area contributed by atoms with Gasteiger partial charge < -0.3 is 10.2 Å². The van der Waals surface area contributed by atoms with Crippen LogP contribution < -0.4 is 10.2 Å². The fraction of sp³-hybridized carbons (Fsp3) is 0.786. The summed E-state index contributed by atoms with van der Waals surface area (Å²) in [5, 5.41) is 3.93. The normalized spacial score (nSPS) is 13.5. The molecule has 21 heavy (non-hydrogen) atoms. The van der Waals surface area contributed by atoms with Crippen LogP contribution in [0.5, 0.6) is 0 Å². The molecule has 1 unspecified atom stereocenters. The van der Waals surface area contributed by atoms with Crippen LogP contribution >= 0.6 is 11.3 Å². The van der Waals surface area contributed by atoms with Crippen LogP contribution in [0.1, 0.15) is 50.1 Å². The lowest BCUT2D eigenvalue weighted by molar-refractivity contribution is -0.132. The summed E-state index contributed by atoms with van der Waals surface area (Å²) in [6.07, 6.45) is -3.98. The molecule has 0 spiro atoms. The van der Waals surface area contributed by atoms with E-state index >= 15 is 0 Å². The third kappa shape index (κ3) is 5.82. The Bertz CT molecular complexity index is 432. The van der Waals surface area contributed by atoms with Crippen molar-refractivity contribution in [2.24, 2.45) is 0 Å². The van der Waals surface area contributed by atoms with E-state index < -0.39 is 12.6 Å². The molecule has 0 aliphatic heterocycles. The molecule has 1 aromatic heterocycles. The molecule has 0 radical (unpaired) electrons. The van der Waals surface area contributed by atoms with Crippen molar-refractivity contribution >= 4 is 16.5 Å². The van der Waals surface area contributed by atoms with E-state index in [1.165, 1.54) is 11.3 Å². The largest absolute Gasteiger partial charge is 0.390 e. The Labute approximate surface area is 128 Å². The van der Waals surface area contributed by atoms with Crippen molar-refractivity contribution in [1.29, 1.82) is 0 Å². The summed E-state index contributed by atoms with van der Waals surface area (Å²) < 4.78 is 36.9. The van der Waals surface area contributed by atoms with Gasteiger partial charge in [0.25, 0.3) is 0 Å². The van der Waals surface area contributed by atoms with E-state index in [0.717, 1.165) is 30.1 Å². The van der Waals surface area contributed by atoms with Crippen LogP contribution in [-0.2, 0) is 6.54 Å². The number of aromatic nitrogens is 1. The predicted octanol–water partition coefficient (Wildman–Crippen LogP) is 4.15. The Morgan fingerprint density at radius 2 is 2.00 bits per heavy atom. The van der Waals surface area contributed by atoms with E-state index in [0.29, 0.717) is 11.0 Å². The Kier molecular flexibility index (Phi) is 6.93. The van der Waals surface area contributed by atoms with Gasteiger partial charge >= 0.3 is 6.18 Å². The molecule has 0 aromatic carbocycles. The molecule has 0 bridgehead atoms. The Hall–Kier alpha value is -0.820. The molecule has 7 heteroatoms. The van der Waals surface area contributed by atoms with Gasteiger partial charge in [0.2, 0.25) is 0 Å². The lowest BCUT2D eigenvalue weighted by Gasteiger charge is -2.16. The minimum absolute atomic E-state index is 0.0579. The number of nitrogens with zero attached hydrogens (tertiary/aromatic N) is 2. The maximum Gasteiger partial charge on any atom is 0.390 e. The van der Waals surface area contributed by atoms with Crippen LogP contribution in [-0.4, -0.2) is 31.3 Å². The molecule has 0 saturated heterocycles. The van der Waals surface area contributed by atoms with Gasteiger partial charge in [-0.2, -0.15) is 13.2 Å². The van der Waals surface area contributed by atoms with E-state index in [-0.39, 0.29) is 6.54 Å². The van der Waals surface area contributed by atoms with Crippen molar-refractivity contribution in [2.75, 3.05) is 25.0 Å². The Morgan fingerprint density at radius 1 is 1.33 bits per heavy atom. The van der Waals surface area contributed by atoms with Crippen molar-refractivity contribution < 1.29 is 13.2 Å². The number of hydrogen-bond donors (Lipinski definition) is 1. The molecule has 0 amide bonds. The van der Waals surface area contributed by atoms with Gasteiger partial charge in [-0.15, -0.1) is 11.3 Å². The third-order valence-electron chi connectivity index (χ3n) is 3.39. The van der Waals surface area contributed by atoms with Gasteiger partial charge in [-0.3, -0.25) is 0 Å². The number of hydrogen-bond acceptors (Lipinski definition) is 4. The van der Waals surface area contributed by atoms with E-state index in [1.807, 2.05) is 6.92 Å². The van der Waals surface area contributed by atoms with Crippen molar-refractivity contribution in [1.82, 2.24) is 10.3 Å². The highest BCUT2D eigenvalue weighted by Crippen LogP contribution is 2.32. The second-order valence-corrected chi connectivity index (χ2v) is 6.24. The molecule has 3 nitrogen and oxygen atoms in total. The average Bonchev–Trinajstić information content (AvgIpc) is 2.85. The topological polar surface area (TPSA) is 28.2 Å². The molecule has 0 fully saturated rings. The molecule has 0 aliphatic rings. The van der Waals surface area contributed by atoms with Crippen molar-refractivity contribution in [3.05, 3.63) is 10.6 Å². The first kappa shape index (κ1) is 18.2. The van der Waals surface area contributed by atoms with E-state index in [2.05, 4.69) is 24.1 Å². The summed E-state index contributed by atoms with van der Waals surface area (Å²) in [5.41, 5.74) is 1.01. The van der Waals surface area contributed by atoms with Crippen LogP contribution in [0, 0.1) is 0 Å². The summed E-state index contributed by atoms with van der Waals surface area (Å²) in [6.45, 7) is 7.74. The van der Waals surface area contributed by atoms with Crippen LogP contribution in [0.15, 0.2) is 0 Å². The van der Waals surface area contributed by atoms with Crippen molar-refractivity contribution in [3.8, 4) is 0 Å². The first-order chi connectivity index (χ1) is 9.78. The average molecular weight is 323 g/mol. The van der Waals surface area contributed by atoms with E-state index in [1.54, 1.807) is 11.9 Å². The van der Waals surface area contributed by atoms with Gasteiger partial charge in [-0.05, 0) is 18.9 Å². The zero-order chi connectivity index (χ0) is 16.0. The monoisotopic (exact) mass is 323 g/mol. The molecule has 1 heterocycles. The minimum atomic E-state index is -4.13. The number of alkyl halides is 3. The van der Waals surface area contributed by atoms with Crippen molar-refractivity contribution in [3.63, 3.8) is 0 Å². The van der Waals surface area contributed by atoms with Crippen molar-refractivity contribution in [2.45, 2.75) is 52.3 Å². The fourth-order valence-corrected chi connectivity index (χ4v) is 2.98. The van der Waals surface area contributed by atoms with E-state index in [4.69, 9.17) is 0 Å². The van der Waals surface area contributed by atoms with Crippen LogP contribution in [0.25, 0.3) is 0 Å². The quantitative estimate of drug-likeness (QED) is 0.779. The number of nitrogens with one attached hydrogen (secondary N) is 1. The molecule has 1 rings (SSSR count). The van der Waals surface area contributed by atoms with Gasteiger partial charge in [0, 0.05) is 25.0 Å². The fourth-order valence-electron chi connectivity index (χ4n) is 1.85. The lowest BCUT2D eigenvalue weighted by Crippen LogP contribution is -2.23. The molecule has 0 saturated carbocycles. The van der Waals surface area contributed by atoms with Gasteiger partial charge in [-0.25, -0.2) is 4.98 Å². The third-order valence-corrected chi connectivity index (χ3v) is 4.57. The highest BCUT2D eigenvalue weighted by atomic mass is 32.1.